The van der Waals surface area contributed by atoms with Gasteiger partial charge in [-0.2, -0.15) is 0 Å². The van der Waals surface area contributed by atoms with Gasteiger partial charge in [0.2, 0.25) is 5.91 Å². The predicted molar refractivity (Wildman–Crippen MR) is 315 cm³/mol. The van der Waals surface area contributed by atoms with Crippen LogP contribution < -0.4 is 5.32 Å². The van der Waals surface area contributed by atoms with E-state index in [1.54, 1.807) is 0 Å². The number of hydrogen-bond acceptors (Lipinski definition) is 5. The molecule has 0 rings (SSSR count). The van der Waals surface area contributed by atoms with Crippen LogP contribution in [0.3, 0.4) is 0 Å². The van der Waals surface area contributed by atoms with Crippen molar-refractivity contribution in [1.82, 2.24) is 5.32 Å². The molecule has 1 amide bonds. The molecule has 0 aliphatic carbocycles. The maximum Gasteiger partial charge on any atom is 0.305 e. The molecule has 6 heteroatoms. The number of aliphatic hydroxyl groups excluding tert-OH is 2. The molecule has 3 N–H and O–H groups in total. The number of esters is 1. The Morgan fingerprint density at radius 3 is 1.10 bits per heavy atom. The van der Waals surface area contributed by atoms with Crippen molar-refractivity contribution >= 4 is 11.9 Å². The van der Waals surface area contributed by atoms with E-state index in [4.69, 9.17) is 4.74 Å². The number of unbranched alkanes of at least 4 members (excludes halogenated alkanes) is 43. The van der Waals surface area contributed by atoms with E-state index in [0.717, 1.165) is 51.4 Å². The summed E-state index contributed by atoms with van der Waals surface area (Å²) in [6.45, 7) is 4.93. The van der Waals surface area contributed by atoms with Crippen LogP contribution >= 0.6 is 0 Å². The van der Waals surface area contributed by atoms with Gasteiger partial charge < -0.3 is 20.3 Å². The summed E-state index contributed by atoms with van der Waals surface area (Å²) in [6, 6.07) is -0.542. The number of hydrogen-bond donors (Lipinski definition) is 3. The number of carbonyl (C=O) groups excluding carboxylic acids is 2. The second-order valence-corrected chi connectivity index (χ2v) is 22.1. The SMILES string of the molecule is CCCCC/C=C\C/C=C\CCCCCCCCCC(=O)OCCCCCCCCCCCCCC/C=C\CCCCCCCCCCCCC(=O)NC(CO)C(O)CCCCCCCCCCCCCC. The first-order chi connectivity index (χ1) is 35.5. The lowest BCUT2D eigenvalue weighted by atomic mass is 10.0. The molecule has 0 spiro atoms. The summed E-state index contributed by atoms with van der Waals surface area (Å²) in [5.74, 6) is -0.0299. The number of aliphatic hydroxyl groups is 2. The third kappa shape index (κ3) is 57.4. The van der Waals surface area contributed by atoms with E-state index in [0.29, 0.717) is 25.9 Å². The first-order valence-electron chi connectivity index (χ1n) is 32.2. The van der Waals surface area contributed by atoms with Gasteiger partial charge in [0.1, 0.15) is 0 Å². The Labute approximate surface area is 449 Å². The summed E-state index contributed by atoms with van der Waals surface area (Å²) in [5.41, 5.74) is 0. The molecule has 2 atom stereocenters. The molecule has 0 aliphatic rings. The molecule has 0 heterocycles. The van der Waals surface area contributed by atoms with Crippen molar-refractivity contribution < 1.29 is 24.5 Å². The number of carbonyl (C=O) groups is 2. The van der Waals surface area contributed by atoms with Crippen LogP contribution in [0.4, 0.5) is 0 Å². The van der Waals surface area contributed by atoms with Crippen LogP contribution in [0, 0.1) is 0 Å². The quantitative estimate of drug-likeness (QED) is 0.0320. The first-order valence-corrected chi connectivity index (χ1v) is 32.2. The summed E-state index contributed by atoms with van der Waals surface area (Å²) < 4.78 is 5.49. The lowest BCUT2D eigenvalue weighted by Crippen LogP contribution is -2.45. The zero-order valence-electron chi connectivity index (χ0n) is 48.4. The smallest absolute Gasteiger partial charge is 0.305 e. The van der Waals surface area contributed by atoms with Gasteiger partial charge in [-0.25, -0.2) is 0 Å². The zero-order chi connectivity index (χ0) is 52.2. The minimum Gasteiger partial charge on any atom is -0.466 e. The van der Waals surface area contributed by atoms with Crippen LogP contribution in [0.2, 0.25) is 0 Å². The lowest BCUT2D eigenvalue weighted by Gasteiger charge is -2.22. The summed E-state index contributed by atoms with van der Waals surface area (Å²) in [5, 5.41) is 23.2. The second-order valence-electron chi connectivity index (χ2n) is 22.1. The topological polar surface area (TPSA) is 95.9 Å². The van der Waals surface area contributed by atoms with Gasteiger partial charge in [0.05, 0.1) is 25.4 Å². The van der Waals surface area contributed by atoms with Gasteiger partial charge in [-0.05, 0) is 83.5 Å². The predicted octanol–water partition coefficient (Wildman–Crippen LogP) is 20.4. The van der Waals surface area contributed by atoms with Crippen LogP contribution in [0.5, 0.6) is 0 Å². The average Bonchev–Trinajstić information content (AvgIpc) is 3.38. The Kier molecular flexibility index (Phi) is 60.0. The number of allylic oxidation sites excluding steroid dienone is 6. The molecule has 0 saturated carbocycles. The zero-order valence-corrected chi connectivity index (χ0v) is 48.4. The van der Waals surface area contributed by atoms with Crippen molar-refractivity contribution in [3.8, 4) is 0 Å². The Hall–Kier alpha value is -1.92. The fourth-order valence-corrected chi connectivity index (χ4v) is 9.96. The van der Waals surface area contributed by atoms with E-state index in [1.165, 1.54) is 263 Å². The Balaban J connectivity index is 3.37. The van der Waals surface area contributed by atoms with Gasteiger partial charge in [-0.3, -0.25) is 9.59 Å². The van der Waals surface area contributed by atoms with Crippen LogP contribution in [0.25, 0.3) is 0 Å². The number of ether oxygens (including phenoxy) is 1. The van der Waals surface area contributed by atoms with Crippen LogP contribution in [0.1, 0.15) is 348 Å². The molecule has 0 aromatic rings. The highest BCUT2D eigenvalue weighted by atomic mass is 16.5. The molecule has 424 valence electrons. The van der Waals surface area contributed by atoms with Gasteiger partial charge in [-0.1, -0.05) is 288 Å². The molecule has 0 radical (unpaired) electrons. The Morgan fingerprint density at radius 1 is 0.389 bits per heavy atom. The highest BCUT2D eigenvalue weighted by Gasteiger charge is 2.20. The number of amides is 1. The molecular weight excluding hydrogens is 887 g/mol. The van der Waals surface area contributed by atoms with Crippen molar-refractivity contribution in [1.29, 1.82) is 0 Å². The first kappa shape index (κ1) is 70.1. The summed E-state index contributed by atoms with van der Waals surface area (Å²) in [4.78, 5) is 24.5. The monoisotopic (exact) mass is 1010 g/mol. The van der Waals surface area contributed by atoms with Crippen LogP contribution in [-0.4, -0.2) is 47.4 Å². The molecule has 0 bridgehead atoms. The summed E-state index contributed by atoms with van der Waals surface area (Å²) in [7, 11) is 0. The maximum atomic E-state index is 12.5. The normalized spacial score (nSPS) is 12.8. The highest BCUT2D eigenvalue weighted by Crippen LogP contribution is 2.17. The summed E-state index contributed by atoms with van der Waals surface area (Å²) >= 11 is 0. The molecule has 72 heavy (non-hydrogen) atoms. The molecule has 0 aliphatic heterocycles. The molecule has 0 aromatic heterocycles. The van der Waals surface area contributed by atoms with Gasteiger partial charge in [-0.15, -0.1) is 0 Å². The van der Waals surface area contributed by atoms with Crippen molar-refractivity contribution in [2.75, 3.05) is 13.2 Å². The molecular formula is C66H125NO5. The van der Waals surface area contributed by atoms with E-state index in [-0.39, 0.29) is 18.5 Å². The van der Waals surface area contributed by atoms with E-state index in [9.17, 15) is 19.8 Å². The summed E-state index contributed by atoms with van der Waals surface area (Å²) in [6.07, 6.45) is 77.4. The molecule has 0 aromatic carbocycles. The van der Waals surface area contributed by atoms with Crippen molar-refractivity contribution in [3.05, 3.63) is 36.5 Å². The van der Waals surface area contributed by atoms with Crippen LogP contribution in [-0.2, 0) is 14.3 Å². The number of nitrogens with one attached hydrogen (secondary N) is 1. The number of rotatable bonds is 60. The van der Waals surface area contributed by atoms with Crippen molar-refractivity contribution in [2.24, 2.45) is 0 Å². The van der Waals surface area contributed by atoms with Crippen LogP contribution in [0.15, 0.2) is 36.5 Å². The Bertz CT molecular complexity index is 1170. The van der Waals surface area contributed by atoms with Gasteiger partial charge >= 0.3 is 5.97 Å². The van der Waals surface area contributed by atoms with Gasteiger partial charge in [0, 0.05) is 12.8 Å². The van der Waals surface area contributed by atoms with E-state index in [2.05, 4.69) is 55.6 Å². The second kappa shape index (κ2) is 61.6. The largest absolute Gasteiger partial charge is 0.466 e. The standard InChI is InChI=1S/C66H125NO5/c1-3-5-7-9-11-13-15-17-18-29-33-36-40-44-48-52-56-60-66(71)72-61-57-53-49-45-41-37-34-31-28-26-24-22-20-19-21-23-25-27-30-32-35-39-43-47-51-55-59-65(70)67-63(62-68)64(69)58-54-50-46-42-38-16-14-12-10-8-6-4-2/h11,13,17-19,21,63-64,68-69H,3-10,12,14-16,20,22-62H2,1-2H3,(H,67,70)/b13-11-,18-17-,21-19-. The van der Waals surface area contributed by atoms with E-state index < -0.39 is 12.1 Å². The van der Waals surface area contributed by atoms with E-state index >= 15 is 0 Å². The third-order valence-electron chi connectivity index (χ3n) is 14.9. The third-order valence-corrected chi connectivity index (χ3v) is 14.9. The molecule has 0 fully saturated rings. The van der Waals surface area contributed by atoms with E-state index in [1.807, 2.05) is 0 Å². The van der Waals surface area contributed by atoms with Gasteiger partial charge in [0.25, 0.3) is 0 Å². The fourth-order valence-electron chi connectivity index (χ4n) is 9.96. The average molecular weight is 1010 g/mol. The molecule has 0 saturated heterocycles. The fraction of sp³-hybridized carbons (Fsp3) is 0.879. The highest BCUT2D eigenvalue weighted by molar-refractivity contribution is 5.76. The minimum atomic E-state index is -0.664. The molecule has 6 nitrogen and oxygen atoms in total. The van der Waals surface area contributed by atoms with Crippen molar-refractivity contribution in [2.45, 2.75) is 360 Å². The Morgan fingerprint density at radius 2 is 0.694 bits per heavy atom. The van der Waals surface area contributed by atoms with Crippen molar-refractivity contribution in [3.63, 3.8) is 0 Å². The van der Waals surface area contributed by atoms with Gasteiger partial charge in [0.15, 0.2) is 0 Å². The lowest BCUT2D eigenvalue weighted by molar-refractivity contribution is -0.143. The maximum absolute atomic E-state index is 12.5. The molecule has 2 unspecified atom stereocenters. The minimum absolute atomic E-state index is 0.00664.